The molecule has 1 aromatic carbocycles. The first-order valence-corrected chi connectivity index (χ1v) is 5.02. The molecule has 0 spiro atoms. The molecule has 1 aromatic rings. The van der Waals surface area contributed by atoms with Gasteiger partial charge in [0.2, 0.25) is 0 Å². The molecule has 0 aromatic heterocycles. The van der Waals surface area contributed by atoms with Gasteiger partial charge in [-0.1, -0.05) is 29.8 Å². The molecule has 0 aliphatic heterocycles. The third-order valence-corrected chi connectivity index (χ3v) is 3.11. The molecule has 1 unspecified atom stereocenters. The molecule has 0 saturated carbocycles. The average Bonchev–Trinajstić information content (AvgIpc) is 2.18. The van der Waals surface area contributed by atoms with Gasteiger partial charge in [-0.25, -0.2) is 0 Å². The molecule has 0 aliphatic carbocycles. The smallest absolute Gasteiger partial charge is 0.105 e. The second-order valence-electron chi connectivity index (χ2n) is 4.68. The van der Waals surface area contributed by atoms with Crippen LogP contribution in [-0.4, -0.2) is 5.11 Å². The Morgan fingerprint density at radius 1 is 1.13 bits per heavy atom. The number of rotatable bonds is 2. The van der Waals surface area contributed by atoms with Gasteiger partial charge < -0.3 is 5.11 Å². The van der Waals surface area contributed by atoms with E-state index in [1.165, 1.54) is 0 Å². The predicted octanol–water partition coefficient (Wildman–Crippen LogP) is 2.75. The van der Waals surface area contributed by atoms with E-state index in [0.29, 0.717) is 0 Å². The van der Waals surface area contributed by atoms with Crippen LogP contribution < -0.4 is 0 Å². The Morgan fingerprint density at radius 3 is 2.00 bits per heavy atom. The predicted molar refractivity (Wildman–Crippen MR) is 60.1 cm³/mol. The zero-order valence-electron chi connectivity index (χ0n) is 9.70. The van der Waals surface area contributed by atoms with Crippen LogP contribution in [0.2, 0.25) is 0 Å². The lowest BCUT2D eigenvalue weighted by Crippen LogP contribution is -2.38. The summed E-state index contributed by atoms with van der Waals surface area (Å²) in [6.45, 7) is 7.16. The van der Waals surface area contributed by atoms with E-state index < -0.39 is 11.0 Å². The number of aryl methyl sites for hydroxylation is 1. The fourth-order valence-corrected chi connectivity index (χ4v) is 1.35. The summed E-state index contributed by atoms with van der Waals surface area (Å²) in [7, 11) is 0. The maximum absolute atomic E-state index is 10.4. The number of hydrogen-bond acceptors (Lipinski definition) is 2. The summed E-state index contributed by atoms with van der Waals surface area (Å²) in [6.07, 6.45) is 0. The Hall–Kier alpha value is -1.33. The molecular weight excluding hydrogens is 186 g/mol. The lowest BCUT2D eigenvalue weighted by atomic mass is 9.73. The van der Waals surface area contributed by atoms with Crippen LogP contribution in [-0.2, 0) is 5.60 Å². The van der Waals surface area contributed by atoms with E-state index in [2.05, 4.69) is 6.07 Å². The Bertz CT molecular complexity index is 382. The minimum absolute atomic E-state index is 0.777. The van der Waals surface area contributed by atoms with Gasteiger partial charge in [-0.15, -0.1) is 0 Å². The molecule has 0 radical (unpaired) electrons. The highest BCUT2D eigenvalue weighted by Crippen LogP contribution is 2.38. The van der Waals surface area contributed by atoms with Gasteiger partial charge >= 0.3 is 0 Å². The normalized spacial score (nSPS) is 15.5. The van der Waals surface area contributed by atoms with E-state index in [1.807, 2.05) is 31.2 Å². The molecule has 1 N–H and O–H groups in total. The molecule has 15 heavy (non-hydrogen) atoms. The lowest BCUT2D eigenvalue weighted by molar-refractivity contribution is -0.0267. The molecule has 0 bridgehead atoms. The zero-order valence-corrected chi connectivity index (χ0v) is 9.70. The minimum Gasteiger partial charge on any atom is -0.384 e. The van der Waals surface area contributed by atoms with Gasteiger partial charge in [0.05, 0.1) is 11.5 Å². The first-order valence-electron chi connectivity index (χ1n) is 5.02. The van der Waals surface area contributed by atoms with Gasteiger partial charge in [0.15, 0.2) is 0 Å². The topological polar surface area (TPSA) is 44.0 Å². The average molecular weight is 203 g/mol. The van der Waals surface area contributed by atoms with Crippen molar-refractivity contribution in [1.29, 1.82) is 5.26 Å². The first-order chi connectivity index (χ1) is 6.81. The van der Waals surface area contributed by atoms with Crippen molar-refractivity contribution in [2.75, 3.05) is 0 Å². The molecule has 1 rings (SSSR count). The van der Waals surface area contributed by atoms with Crippen molar-refractivity contribution in [3.05, 3.63) is 35.4 Å². The third-order valence-electron chi connectivity index (χ3n) is 3.11. The second-order valence-corrected chi connectivity index (χ2v) is 4.68. The number of benzene rings is 1. The van der Waals surface area contributed by atoms with Gasteiger partial charge in [-0.05, 0) is 33.3 Å². The molecule has 2 nitrogen and oxygen atoms in total. The molecule has 80 valence electrons. The zero-order chi connectivity index (χ0) is 11.7. The second kappa shape index (κ2) is 3.67. The van der Waals surface area contributed by atoms with Crippen LogP contribution in [0.5, 0.6) is 0 Å². The highest BCUT2D eigenvalue weighted by atomic mass is 16.3. The fourth-order valence-electron chi connectivity index (χ4n) is 1.35. The molecule has 0 amide bonds. The number of nitriles is 1. The van der Waals surface area contributed by atoms with E-state index in [1.54, 1.807) is 20.8 Å². The van der Waals surface area contributed by atoms with Crippen molar-refractivity contribution in [3.8, 4) is 6.07 Å². The fraction of sp³-hybridized carbons (Fsp3) is 0.462. The quantitative estimate of drug-likeness (QED) is 0.803. The van der Waals surface area contributed by atoms with Crippen molar-refractivity contribution in [3.63, 3.8) is 0 Å². The van der Waals surface area contributed by atoms with E-state index in [-0.39, 0.29) is 0 Å². The number of hydrogen-bond donors (Lipinski definition) is 1. The van der Waals surface area contributed by atoms with Crippen LogP contribution in [0.15, 0.2) is 24.3 Å². The van der Waals surface area contributed by atoms with Crippen molar-refractivity contribution < 1.29 is 5.11 Å². The lowest BCUT2D eigenvalue weighted by Gasteiger charge is -2.35. The summed E-state index contributed by atoms with van der Waals surface area (Å²) in [4.78, 5) is 0. The monoisotopic (exact) mass is 203 g/mol. The SMILES string of the molecule is Cc1ccc(C(C)(O)C(C)(C)C#N)cc1. The Labute approximate surface area is 91.2 Å². The molecule has 0 heterocycles. The molecule has 2 heteroatoms. The molecule has 1 atom stereocenters. The van der Waals surface area contributed by atoms with Crippen molar-refractivity contribution in [1.82, 2.24) is 0 Å². The highest BCUT2D eigenvalue weighted by Gasteiger charge is 2.40. The summed E-state index contributed by atoms with van der Waals surface area (Å²) in [5.41, 5.74) is -0.0125. The van der Waals surface area contributed by atoms with Crippen LogP contribution in [0.4, 0.5) is 0 Å². The van der Waals surface area contributed by atoms with Crippen LogP contribution in [0.3, 0.4) is 0 Å². The van der Waals surface area contributed by atoms with Crippen LogP contribution in [0.1, 0.15) is 31.9 Å². The van der Waals surface area contributed by atoms with Crippen LogP contribution in [0, 0.1) is 23.7 Å². The van der Waals surface area contributed by atoms with Gasteiger partial charge in [0.25, 0.3) is 0 Å². The van der Waals surface area contributed by atoms with Crippen LogP contribution in [0.25, 0.3) is 0 Å². The summed E-state index contributed by atoms with van der Waals surface area (Å²) >= 11 is 0. The molecular formula is C13H17NO. The van der Waals surface area contributed by atoms with E-state index >= 15 is 0 Å². The van der Waals surface area contributed by atoms with Gasteiger partial charge in [-0.2, -0.15) is 5.26 Å². The van der Waals surface area contributed by atoms with Crippen molar-refractivity contribution >= 4 is 0 Å². The summed E-state index contributed by atoms with van der Waals surface area (Å²) in [5, 5.41) is 19.4. The van der Waals surface area contributed by atoms with Crippen molar-refractivity contribution in [2.24, 2.45) is 5.41 Å². The van der Waals surface area contributed by atoms with E-state index in [0.717, 1.165) is 11.1 Å². The van der Waals surface area contributed by atoms with Crippen LogP contribution >= 0.6 is 0 Å². The molecule has 0 fully saturated rings. The Morgan fingerprint density at radius 2 is 1.60 bits per heavy atom. The largest absolute Gasteiger partial charge is 0.384 e. The Kier molecular flexibility index (Phi) is 2.88. The summed E-state index contributed by atoms with van der Waals surface area (Å²) in [6, 6.07) is 9.77. The maximum Gasteiger partial charge on any atom is 0.105 e. The van der Waals surface area contributed by atoms with Gasteiger partial charge in [0.1, 0.15) is 5.60 Å². The minimum atomic E-state index is -1.13. The van der Waals surface area contributed by atoms with Gasteiger partial charge in [-0.3, -0.25) is 0 Å². The summed E-state index contributed by atoms with van der Waals surface area (Å²) < 4.78 is 0. The maximum atomic E-state index is 10.4. The molecule has 0 aliphatic rings. The molecule has 0 saturated heterocycles. The summed E-state index contributed by atoms with van der Waals surface area (Å²) in [5.74, 6) is 0. The Balaban J connectivity index is 3.18. The van der Waals surface area contributed by atoms with E-state index in [9.17, 15) is 5.11 Å². The third kappa shape index (κ3) is 2.03. The standard InChI is InChI=1S/C13H17NO/c1-10-5-7-11(8-6-10)13(4,15)12(2,3)9-14/h5-8,15H,1-4H3. The number of nitrogens with zero attached hydrogens (tertiary/aromatic N) is 1. The highest BCUT2D eigenvalue weighted by molar-refractivity contribution is 5.29. The van der Waals surface area contributed by atoms with Gasteiger partial charge in [0, 0.05) is 0 Å². The number of aliphatic hydroxyl groups is 1. The van der Waals surface area contributed by atoms with Crippen molar-refractivity contribution in [2.45, 2.75) is 33.3 Å². The van der Waals surface area contributed by atoms with E-state index in [4.69, 9.17) is 5.26 Å². The first kappa shape index (κ1) is 11.7.